The molecule has 0 atom stereocenters. The molecule has 10 heteroatoms. The van der Waals surface area contributed by atoms with Crippen molar-refractivity contribution in [3.63, 3.8) is 0 Å². The standard InChI is InChI=1S/C23H16ClF2N5O2/c1-10-8-12(6-7-15(10)25)28-22(32)13-9-17-19(20-21(13)33-11(2)27-20)31-23(29-17)30-18-14(24)4-3-5-16(18)26/h3-9H,1-2H3,(H,28,32)(H2,29,30,31). The average molecular weight is 468 g/mol. The zero-order valence-corrected chi connectivity index (χ0v) is 18.1. The van der Waals surface area contributed by atoms with Gasteiger partial charge < -0.3 is 20.0 Å². The molecule has 0 fully saturated rings. The maximum atomic E-state index is 14.2. The Labute approximate surface area is 190 Å². The van der Waals surface area contributed by atoms with Crippen LogP contribution in [-0.4, -0.2) is 20.9 Å². The van der Waals surface area contributed by atoms with E-state index in [-0.39, 0.29) is 33.6 Å². The number of carbonyl (C=O) groups excluding carboxylic acids is 1. The van der Waals surface area contributed by atoms with E-state index in [4.69, 9.17) is 16.0 Å². The fraction of sp³-hybridized carbons (Fsp3) is 0.0870. The summed E-state index contributed by atoms with van der Waals surface area (Å²) in [6, 6.07) is 10.1. The fourth-order valence-corrected chi connectivity index (χ4v) is 3.75. The van der Waals surface area contributed by atoms with E-state index in [1.807, 2.05) is 0 Å². The molecule has 0 saturated carbocycles. The summed E-state index contributed by atoms with van der Waals surface area (Å²) in [5, 5.41) is 5.76. The van der Waals surface area contributed by atoms with Gasteiger partial charge in [0.2, 0.25) is 5.95 Å². The SMILES string of the molecule is Cc1nc2c(o1)c(C(=O)Nc1ccc(F)c(C)c1)cc1nc(Nc3c(F)cccc3Cl)[nH]c12. The van der Waals surface area contributed by atoms with Crippen molar-refractivity contribution in [2.75, 3.05) is 10.6 Å². The van der Waals surface area contributed by atoms with E-state index in [1.165, 1.54) is 30.3 Å². The highest BCUT2D eigenvalue weighted by atomic mass is 35.5. The number of para-hydroxylation sites is 1. The van der Waals surface area contributed by atoms with Crippen LogP contribution in [0.2, 0.25) is 5.02 Å². The highest BCUT2D eigenvalue weighted by Crippen LogP contribution is 2.32. The molecule has 3 N–H and O–H groups in total. The van der Waals surface area contributed by atoms with Crippen molar-refractivity contribution in [2.45, 2.75) is 13.8 Å². The quantitative estimate of drug-likeness (QED) is 0.290. The topological polar surface area (TPSA) is 95.8 Å². The number of imidazole rings is 1. The van der Waals surface area contributed by atoms with Crippen LogP contribution in [0.5, 0.6) is 0 Å². The molecule has 0 spiro atoms. The van der Waals surface area contributed by atoms with Gasteiger partial charge in [-0.2, -0.15) is 0 Å². The Balaban J connectivity index is 1.58. The Hall–Kier alpha value is -3.98. The van der Waals surface area contributed by atoms with E-state index in [0.717, 1.165) is 0 Å². The first-order valence-electron chi connectivity index (χ1n) is 9.88. The van der Waals surface area contributed by atoms with E-state index in [9.17, 15) is 13.6 Å². The molecule has 0 bridgehead atoms. The number of amides is 1. The number of aryl methyl sites for hydroxylation is 2. The minimum atomic E-state index is -0.542. The molecule has 0 aliphatic rings. The molecule has 0 unspecified atom stereocenters. The molecular formula is C23H16ClF2N5O2. The van der Waals surface area contributed by atoms with E-state index in [1.54, 1.807) is 26.0 Å². The number of hydrogen-bond acceptors (Lipinski definition) is 5. The van der Waals surface area contributed by atoms with Crippen LogP contribution in [0.25, 0.3) is 22.1 Å². The predicted octanol–water partition coefficient (Wildman–Crippen LogP) is 6.25. The number of oxazole rings is 1. The Kier molecular flexibility index (Phi) is 4.98. The molecule has 5 rings (SSSR count). The lowest BCUT2D eigenvalue weighted by Crippen LogP contribution is -2.12. The molecule has 5 aromatic rings. The lowest BCUT2D eigenvalue weighted by atomic mass is 10.1. The third-order valence-electron chi connectivity index (χ3n) is 5.09. The van der Waals surface area contributed by atoms with Gasteiger partial charge in [-0.25, -0.2) is 18.7 Å². The second-order valence-corrected chi connectivity index (χ2v) is 7.86. The third-order valence-corrected chi connectivity index (χ3v) is 5.41. The maximum Gasteiger partial charge on any atom is 0.259 e. The number of halogens is 3. The molecule has 0 radical (unpaired) electrons. The van der Waals surface area contributed by atoms with Crippen molar-refractivity contribution in [3.05, 3.63) is 76.1 Å². The van der Waals surface area contributed by atoms with Gasteiger partial charge >= 0.3 is 0 Å². The number of H-pyrrole nitrogens is 1. The minimum absolute atomic E-state index is 0.0652. The van der Waals surface area contributed by atoms with Crippen molar-refractivity contribution >= 4 is 57.0 Å². The summed E-state index contributed by atoms with van der Waals surface area (Å²) in [6.45, 7) is 3.26. The number of carbonyl (C=O) groups is 1. The van der Waals surface area contributed by atoms with Gasteiger partial charge in [0.1, 0.15) is 17.2 Å². The van der Waals surface area contributed by atoms with Crippen molar-refractivity contribution in [1.82, 2.24) is 15.0 Å². The number of nitrogens with one attached hydrogen (secondary N) is 3. The summed E-state index contributed by atoms with van der Waals surface area (Å²) in [4.78, 5) is 24.9. The molecule has 166 valence electrons. The molecular weight excluding hydrogens is 452 g/mol. The van der Waals surface area contributed by atoms with E-state index in [2.05, 4.69) is 25.6 Å². The molecule has 33 heavy (non-hydrogen) atoms. The summed E-state index contributed by atoms with van der Waals surface area (Å²) in [6.07, 6.45) is 0. The number of rotatable bonds is 4. The molecule has 1 amide bonds. The van der Waals surface area contributed by atoms with Crippen molar-refractivity contribution in [1.29, 1.82) is 0 Å². The summed E-state index contributed by atoms with van der Waals surface area (Å²) in [5.41, 5.74) is 2.66. The van der Waals surface area contributed by atoms with Crippen LogP contribution in [0.4, 0.5) is 26.1 Å². The van der Waals surface area contributed by atoms with Gasteiger partial charge in [0, 0.05) is 12.6 Å². The van der Waals surface area contributed by atoms with Crippen LogP contribution < -0.4 is 10.6 Å². The second kappa shape index (κ2) is 7.86. The fourth-order valence-electron chi connectivity index (χ4n) is 3.54. The maximum absolute atomic E-state index is 14.2. The summed E-state index contributed by atoms with van der Waals surface area (Å²) in [7, 11) is 0. The lowest BCUT2D eigenvalue weighted by Gasteiger charge is -2.07. The van der Waals surface area contributed by atoms with Crippen LogP contribution in [-0.2, 0) is 0 Å². The second-order valence-electron chi connectivity index (χ2n) is 7.45. The first-order chi connectivity index (χ1) is 15.8. The van der Waals surface area contributed by atoms with Crippen molar-refractivity contribution in [3.8, 4) is 0 Å². The molecule has 3 aromatic carbocycles. The summed E-state index contributed by atoms with van der Waals surface area (Å²) < 4.78 is 33.4. The van der Waals surface area contributed by atoms with Crippen LogP contribution in [0, 0.1) is 25.5 Å². The van der Waals surface area contributed by atoms with Crippen LogP contribution in [0.3, 0.4) is 0 Å². The number of fused-ring (bicyclic) bond motifs is 3. The Morgan fingerprint density at radius 3 is 2.67 bits per heavy atom. The van der Waals surface area contributed by atoms with Gasteiger partial charge in [0.05, 0.1) is 27.3 Å². The van der Waals surface area contributed by atoms with Crippen molar-refractivity contribution < 1.29 is 18.0 Å². The summed E-state index contributed by atoms with van der Waals surface area (Å²) in [5.74, 6) is -0.816. The number of nitrogens with zero attached hydrogens (tertiary/aromatic N) is 2. The van der Waals surface area contributed by atoms with Gasteiger partial charge in [-0.1, -0.05) is 17.7 Å². The Bertz CT molecular complexity index is 1540. The molecule has 0 aliphatic heterocycles. The smallest absolute Gasteiger partial charge is 0.259 e. The predicted molar refractivity (Wildman–Crippen MR) is 122 cm³/mol. The number of aromatic amines is 1. The van der Waals surface area contributed by atoms with Crippen LogP contribution in [0.1, 0.15) is 21.8 Å². The normalized spacial score (nSPS) is 11.3. The zero-order chi connectivity index (χ0) is 23.3. The monoisotopic (exact) mass is 467 g/mol. The van der Waals surface area contributed by atoms with Crippen LogP contribution in [0.15, 0.2) is 46.9 Å². The van der Waals surface area contributed by atoms with E-state index < -0.39 is 11.7 Å². The highest BCUT2D eigenvalue weighted by Gasteiger charge is 2.21. The number of anilines is 3. The molecule has 2 aromatic heterocycles. The first-order valence-corrected chi connectivity index (χ1v) is 10.3. The average Bonchev–Trinajstić information content (AvgIpc) is 3.35. The van der Waals surface area contributed by atoms with Crippen LogP contribution >= 0.6 is 11.6 Å². The highest BCUT2D eigenvalue weighted by molar-refractivity contribution is 6.33. The molecule has 2 heterocycles. The number of benzene rings is 3. The largest absolute Gasteiger partial charge is 0.440 e. The molecule has 0 aliphatic carbocycles. The number of aromatic nitrogens is 3. The van der Waals surface area contributed by atoms with Gasteiger partial charge in [0.15, 0.2) is 11.5 Å². The van der Waals surface area contributed by atoms with E-state index in [0.29, 0.717) is 33.7 Å². The Morgan fingerprint density at radius 1 is 1.09 bits per heavy atom. The Morgan fingerprint density at radius 2 is 1.91 bits per heavy atom. The van der Waals surface area contributed by atoms with Gasteiger partial charge in [0.25, 0.3) is 5.91 Å². The first kappa shape index (κ1) is 20.9. The zero-order valence-electron chi connectivity index (χ0n) is 17.4. The third kappa shape index (κ3) is 3.76. The van der Waals surface area contributed by atoms with Crippen molar-refractivity contribution in [2.24, 2.45) is 0 Å². The lowest BCUT2D eigenvalue weighted by molar-refractivity contribution is 0.102. The van der Waals surface area contributed by atoms with E-state index >= 15 is 0 Å². The minimum Gasteiger partial charge on any atom is -0.440 e. The summed E-state index contributed by atoms with van der Waals surface area (Å²) >= 11 is 6.09. The van der Waals surface area contributed by atoms with Gasteiger partial charge in [-0.15, -0.1) is 0 Å². The molecule has 7 nitrogen and oxygen atoms in total. The van der Waals surface area contributed by atoms with Gasteiger partial charge in [-0.05, 0) is 48.9 Å². The molecule has 0 saturated heterocycles. The number of hydrogen-bond donors (Lipinski definition) is 3. The van der Waals surface area contributed by atoms with Gasteiger partial charge in [-0.3, -0.25) is 4.79 Å².